The number of rotatable bonds is 24. The summed E-state index contributed by atoms with van der Waals surface area (Å²) in [6, 6.07) is 0. The van der Waals surface area contributed by atoms with Gasteiger partial charge in [0.1, 0.15) is 6.61 Å². The molecule has 0 bridgehead atoms. The topological polar surface area (TPSA) is 81.7 Å². The maximum atomic E-state index is 11.5. The minimum absolute atomic E-state index is 0.142. The molecule has 0 amide bonds. The summed E-state index contributed by atoms with van der Waals surface area (Å²) in [7, 11) is -1.44. The van der Waals surface area contributed by atoms with Crippen LogP contribution in [0, 0.1) is 0 Å². The second kappa shape index (κ2) is 22.6. The predicted octanol–water partition coefficient (Wildman–Crippen LogP) is 3.43. The van der Waals surface area contributed by atoms with Gasteiger partial charge in [-0.25, -0.2) is 0 Å². The lowest BCUT2D eigenvalue weighted by Crippen LogP contribution is -2.27. The van der Waals surface area contributed by atoms with Crippen molar-refractivity contribution >= 4 is 14.3 Å². The van der Waals surface area contributed by atoms with Crippen LogP contribution in [0.3, 0.4) is 0 Å². The molecule has 0 aromatic rings. The molecule has 9 heteroatoms. The molecule has 0 aliphatic heterocycles. The summed E-state index contributed by atoms with van der Waals surface area (Å²) >= 11 is 0. The van der Waals surface area contributed by atoms with Crippen LogP contribution >= 0.6 is 0 Å². The maximum Gasteiger partial charge on any atom is 0.305 e. The van der Waals surface area contributed by atoms with Gasteiger partial charge in [0.25, 0.3) is 0 Å². The van der Waals surface area contributed by atoms with Gasteiger partial charge in [-0.1, -0.05) is 26.2 Å². The van der Waals surface area contributed by atoms with Gasteiger partial charge in [0, 0.05) is 6.42 Å². The number of carbonyl (C=O) groups is 1. The highest BCUT2D eigenvalue weighted by Crippen LogP contribution is 2.03. The quantitative estimate of drug-likeness (QED) is 0.122. The average Bonchev–Trinajstić information content (AvgIpc) is 2.72. The van der Waals surface area contributed by atoms with E-state index in [4.69, 9.17) is 32.8 Å². The van der Waals surface area contributed by atoms with Gasteiger partial charge < -0.3 is 32.8 Å². The van der Waals surface area contributed by atoms with E-state index < -0.39 is 8.32 Å². The SMILES string of the molecule is CCCCCCC(=O)OCCOCCOCCOCCOCCOCCO[Si](C)(C)C. The lowest BCUT2D eigenvalue weighted by molar-refractivity contribution is -0.145. The molecule has 0 heterocycles. The molecule has 0 aromatic carbocycles. The van der Waals surface area contributed by atoms with Gasteiger partial charge in [0.15, 0.2) is 8.32 Å². The standard InChI is InChI=1S/C22H46O8Si/c1-5-6-7-8-9-22(23)29-20-18-27-16-14-25-12-10-24-11-13-26-15-17-28-19-21-30-31(2,3)4/h5-21H2,1-4H3. The summed E-state index contributed by atoms with van der Waals surface area (Å²) in [6.07, 6.45) is 4.81. The van der Waals surface area contributed by atoms with E-state index >= 15 is 0 Å². The van der Waals surface area contributed by atoms with Crippen molar-refractivity contribution in [2.75, 3.05) is 79.3 Å². The van der Waals surface area contributed by atoms with Crippen molar-refractivity contribution in [1.29, 1.82) is 0 Å². The van der Waals surface area contributed by atoms with Crippen LogP contribution < -0.4 is 0 Å². The third-order valence-corrected chi connectivity index (χ3v) is 5.05. The van der Waals surface area contributed by atoms with Gasteiger partial charge in [0.2, 0.25) is 0 Å². The zero-order valence-electron chi connectivity index (χ0n) is 20.3. The van der Waals surface area contributed by atoms with Crippen molar-refractivity contribution in [3.63, 3.8) is 0 Å². The lowest BCUT2D eigenvalue weighted by atomic mass is 10.2. The monoisotopic (exact) mass is 466 g/mol. The van der Waals surface area contributed by atoms with Crippen LogP contribution in [0.5, 0.6) is 0 Å². The highest BCUT2D eigenvalue weighted by molar-refractivity contribution is 6.69. The zero-order chi connectivity index (χ0) is 23.0. The molecule has 0 saturated heterocycles. The predicted molar refractivity (Wildman–Crippen MR) is 123 cm³/mol. The maximum absolute atomic E-state index is 11.5. The van der Waals surface area contributed by atoms with Crippen LogP contribution in [0.25, 0.3) is 0 Å². The molecule has 0 aliphatic carbocycles. The van der Waals surface area contributed by atoms with E-state index in [0.717, 1.165) is 19.3 Å². The number of unbranched alkanes of at least 4 members (excludes halogenated alkanes) is 3. The van der Waals surface area contributed by atoms with Gasteiger partial charge in [-0.3, -0.25) is 4.79 Å². The molecular weight excluding hydrogens is 420 g/mol. The molecule has 0 spiro atoms. The Kier molecular flexibility index (Phi) is 22.2. The fraction of sp³-hybridized carbons (Fsp3) is 0.955. The number of esters is 1. The van der Waals surface area contributed by atoms with Crippen molar-refractivity contribution < 1.29 is 37.6 Å². The summed E-state index contributed by atoms with van der Waals surface area (Å²) in [5, 5.41) is 0. The summed E-state index contributed by atoms with van der Waals surface area (Å²) in [6.45, 7) is 14.8. The first kappa shape index (κ1) is 30.4. The first-order chi connectivity index (χ1) is 15.0. The van der Waals surface area contributed by atoms with Crippen LogP contribution in [0.4, 0.5) is 0 Å². The molecule has 8 nitrogen and oxygen atoms in total. The second-order valence-electron chi connectivity index (χ2n) is 8.05. The molecule has 0 saturated carbocycles. The third-order valence-electron chi connectivity index (χ3n) is 3.98. The normalized spacial score (nSPS) is 11.7. The Morgan fingerprint density at radius 1 is 0.581 bits per heavy atom. The second-order valence-corrected chi connectivity index (χ2v) is 12.6. The van der Waals surface area contributed by atoms with Crippen molar-refractivity contribution in [3.05, 3.63) is 0 Å². The highest BCUT2D eigenvalue weighted by Gasteiger charge is 2.13. The fourth-order valence-corrected chi connectivity index (χ4v) is 3.07. The molecule has 0 N–H and O–H groups in total. The van der Waals surface area contributed by atoms with E-state index in [0.29, 0.717) is 85.7 Å². The molecule has 0 aliphatic rings. The summed E-state index contributed by atoms with van der Waals surface area (Å²) in [5.41, 5.74) is 0. The summed E-state index contributed by atoms with van der Waals surface area (Å²) in [4.78, 5) is 11.5. The Labute approximate surface area is 190 Å². The molecule has 186 valence electrons. The molecule has 0 unspecified atom stereocenters. The molecule has 0 fully saturated rings. The minimum Gasteiger partial charge on any atom is -0.463 e. The van der Waals surface area contributed by atoms with Gasteiger partial charge >= 0.3 is 5.97 Å². The average molecular weight is 467 g/mol. The largest absolute Gasteiger partial charge is 0.463 e. The van der Waals surface area contributed by atoms with E-state index in [9.17, 15) is 4.79 Å². The summed E-state index contributed by atoms with van der Waals surface area (Å²) in [5.74, 6) is -0.142. The smallest absolute Gasteiger partial charge is 0.305 e. The molecule has 0 radical (unpaired) electrons. The van der Waals surface area contributed by atoms with E-state index in [1.54, 1.807) is 0 Å². The first-order valence-electron chi connectivity index (χ1n) is 11.6. The molecule has 31 heavy (non-hydrogen) atoms. The van der Waals surface area contributed by atoms with Gasteiger partial charge in [0.05, 0.1) is 72.7 Å². The van der Waals surface area contributed by atoms with Crippen molar-refractivity contribution in [1.82, 2.24) is 0 Å². The van der Waals surface area contributed by atoms with Gasteiger partial charge in [-0.05, 0) is 26.1 Å². The van der Waals surface area contributed by atoms with Crippen LogP contribution in [-0.2, 0) is 37.6 Å². The van der Waals surface area contributed by atoms with E-state index in [1.165, 1.54) is 6.42 Å². The van der Waals surface area contributed by atoms with Crippen molar-refractivity contribution in [2.45, 2.75) is 58.7 Å². The van der Waals surface area contributed by atoms with Crippen LogP contribution in [0.1, 0.15) is 39.0 Å². The van der Waals surface area contributed by atoms with E-state index in [-0.39, 0.29) is 5.97 Å². The van der Waals surface area contributed by atoms with Gasteiger partial charge in [-0.15, -0.1) is 0 Å². The molecule has 0 aromatic heterocycles. The van der Waals surface area contributed by atoms with E-state index in [1.807, 2.05) is 0 Å². The van der Waals surface area contributed by atoms with Crippen LogP contribution in [-0.4, -0.2) is 93.6 Å². The molecule has 0 atom stereocenters. The lowest BCUT2D eigenvalue weighted by Gasteiger charge is -2.16. The fourth-order valence-electron chi connectivity index (χ4n) is 2.37. The van der Waals surface area contributed by atoms with Crippen LogP contribution in [0.15, 0.2) is 0 Å². The zero-order valence-corrected chi connectivity index (χ0v) is 21.3. The molecular formula is C22H46O8Si. The first-order valence-corrected chi connectivity index (χ1v) is 15.0. The number of hydrogen-bond donors (Lipinski definition) is 0. The minimum atomic E-state index is -1.44. The third kappa shape index (κ3) is 27.4. The highest BCUT2D eigenvalue weighted by atomic mass is 28.4. The number of ether oxygens (including phenoxy) is 6. The Morgan fingerprint density at radius 3 is 1.42 bits per heavy atom. The van der Waals surface area contributed by atoms with Crippen LogP contribution in [0.2, 0.25) is 19.6 Å². The number of carbonyl (C=O) groups excluding carboxylic acids is 1. The Morgan fingerprint density at radius 2 is 1.00 bits per heavy atom. The Bertz CT molecular complexity index is 390. The van der Waals surface area contributed by atoms with Crippen molar-refractivity contribution in [2.24, 2.45) is 0 Å². The summed E-state index contributed by atoms with van der Waals surface area (Å²) < 4.78 is 37.9. The van der Waals surface area contributed by atoms with E-state index in [2.05, 4.69) is 26.6 Å². The Hall–Kier alpha value is -0.553. The molecule has 0 rings (SSSR count). The van der Waals surface area contributed by atoms with Crippen molar-refractivity contribution in [3.8, 4) is 0 Å². The van der Waals surface area contributed by atoms with Gasteiger partial charge in [-0.2, -0.15) is 0 Å². The Balaban J connectivity index is 3.12. The number of hydrogen-bond acceptors (Lipinski definition) is 8.